The summed E-state index contributed by atoms with van der Waals surface area (Å²) in [5.74, 6) is 0. The molecule has 2 aromatic heterocycles. The van der Waals surface area contributed by atoms with Crippen molar-refractivity contribution in [2.45, 2.75) is 116 Å². The van der Waals surface area contributed by atoms with E-state index in [1.54, 1.807) is 49.8 Å². The van der Waals surface area contributed by atoms with Crippen LogP contribution in [-0.2, 0) is 20.7 Å². The Kier molecular flexibility index (Phi) is 14.5. The number of ether oxygens (including phenoxy) is 2. The van der Waals surface area contributed by atoms with Gasteiger partial charge in [0.15, 0.2) is 0 Å². The first-order chi connectivity index (χ1) is 32.3. The number of aryl methyl sites for hydroxylation is 2. The summed E-state index contributed by atoms with van der Waals surface area (Å²) in [5, 5.41) is 30.1. The highest BCUT2D eigenvalue weighted by atomic mass is 16.6. The summed E-state index contributed by atoms with van der Waals surface area (Å²) >= 11 is 0. The van der Waals surface area contributed by atoms with Gasteiger partial charge in [-0.05, 0) is 113 Å². The highest BCUT2D eigenvalue weighted by Crippen LogP contribution is 2.44. The van der Waals surface area contributed by atoms with Crippen LogP contribution in [0.25, 0.3) is 22.4 Å². The number of rotatable bonds is 12. The molecule has 4 atom stereocenters. The molecule has 0 aliphatic carbocycles. The van der Waals surface area contributed by atoms with Crippen LogP contribution in [0.1, 0.15) is 119 Å². The van der Waals surface area contributed by atoms with E-state index in [-0.39, 0.29) is 24.3 Å². The summed E-state index contributed by atoms with van der Waals surface area (Å²) in [6.07, 6.45) is 2.69. The molecule has 0 bridgehead atoms. The van der Waals surface area contributed by atoms with Gasteiger partial charge in [-0.2, -0.15) is 5.26 Å². The highest BCUT2D eigenvalue weighted by molar-refractivity contribution is 5.71. The number of carbonyl (C=O) groups is 2. The van der Waals surface area contributed by atoms with Crippen molar-refractivity contribution in [2.75, 3.05) is 13.1 Å². The monoisotopic (exact) mass is 913 g/mol. The Morgan fingerprint density at radius 3 is 1.43 bits per heavy atom. The van der Waals surface area contributed by atoms with Gasteiger partial charge in [0, 0.05) is 61.9 Å². The molecule has 2 fully saturated rings. The lowest BCUT2D eigenvalue weighted by molar-refractivity contribution is -0.102. The standard InChI is InChI=1S/C29H34N2O3.C28H29N3O3/c1-20-17-25(18-21(2)30-20)24-13-11-23(12-14-24)22(3)31-16-15-29(34-27(31)32,19-28(4,5)33)26-9-7-6-8-10-26;1-20(22-10-12-23(13-11-22)25-14-9-21(17-29)18-30-25)31-16-15-28(34-26(31)32,19-27(2,3)33)24-7-5-4-6-8-24/h6-14,17-18,22,33H,15-16,19H2,1-5H3;4-14,18,20,33H,15-16,19H2,1-3H3/t22-,29-;20-,28-/m00/s1. The minimum Gasteiger partial charge on any atom is -0.438 e. The van der Waals surface area contributed by atoms with Crippen LogP contribution in [0, 0.1) is 25.2 Å². The van der Waals surface area contributed by atoms with E-state index in [2.05, 4.69) is 52.4 Å². The zero-order chi connectivity index (χ0) is 48.9. The largest absolute Gasteiger partial charge is 0.438 e. The molecule has 8 rings (SSSR count). The number of nitriles is 1. The predicted molar refractivity (Wildman–Crippen MR) is 264 cm³/mol. The summed E-state index contributed by atoms with van der Waals surface area (Å²) < 4.78 is 12.2. The summed E-state index contributed by atoms with van der Waals surface area (Å²) in [6, 6.07) is 45.2. The second-order valence-electron chi connectivity index (χ2n) is 19.6. The Balaban J connectivity index is 0.000000201. The molecule has 0 spiro atoms. The summed E-state index contributed by atoms with van der Waals surface area (Å²) in [6.45, 7) is 16.1. The van der Waals surface area contributed by atoms with E-state index in [0.717, 1.165) is 56.0 Å². The van der Waals surface area contributed by atoms with Gasteiger partial charge in [0.1, 0.15) is 17.3 Å². The number of amides is 2. The third-order valence-electron chi connectivity index (χ3n) is 12.9. The van der Waals surface area contributed by atoms with Crippen molar-refractivity contribution < 1.29 is 29.3 Å². The van der Waals surface area contributed by atoms with E-state index in [0.29, 0.717) is 44.3 Å². The second-order valence-corrected chi connectivity index (χ2v) is 19.6. The van der Waals surface area contributed by atoms with Gasteiger partial charge in [-0.15, -0.1) is 0 Å². The van der Waals surface area contributed by atoms with E-state index >= 15 is 0 Å². The van der Waals surface area contributed by atoms with E-state index in [1.807, 2.05) is 119 Å². The van der Waals surface area contributed by atoms with Crippen LogP contribution in [0.3, 0.4) is 0 Å². The van der Waals surface area contributed by atoms with E-state index < -0.39 is 22.4 Å². The number of hydrogen-bond donors (Lipinski definition) is 2. The van der Waals surface area contributed by atoms with Crippen molar-refractivity contribution in [1.82, 2.24) is 19.8 Å². The third-order valence-corrected chi connectivity index (χ3v) is 12.9. The number of aromatic nitrogens is 2. The molecule has 6 aromatic rings. The minimum absolute atomic E-state index is 0.127. The first-order valence-electron chi connectivity index (χ1n) is 23.3. The first-order valence-corrected chi connectivity index (χ1v) is 23.3. The lowest BCUT2D eigenvalue weighted by Gasteiger charge is -2.45. The Hall–Kier alpha value is -6.87. The number of hydrogen-bond acceptors (Lipinski definition) is 9. The molecule has 4 heterocycles. The summed E-state index contributed by atoms with van der Waals surface area (Å²) in [5.41, 5.74) is 6.71. The molecule has 2 aliphatic heterocycles. The van der Waals surface area contributed by atoms with Gasteiger partial charge in [-0.25, -0.2) is 9.59 Å². The van der Waals surface area contributed by atoms with Crippen LogP contribution in [0.15, 0.2) is 140 Å². The molecule has 4 aromatic carbocycles. The fraction of sp³-hybridized carbons (Fsp3) is 0.351. The van der Waals surface area contributed by atoms with Gasteiger partial charge in [-0.1, -0.05) is 109 Å². The molecule has 0 unspecified atom stereocenters. The van der Waals surface area contributed by atoms with Crippen molar-refractivity contribution >= 4 is 12.2 Å². The van der Waals surface area contributed by atoms with Crippen molar-refractivity contribution in [1.29, 1.82) is 5.26 Å². The van der Waals surface area contributed by atoms with E-state index in [9.17, 15) is 19.8 Å². The number of aliphatic hydroxyl groups is 2. The van der Waals surface area contributed by atoms with Crippen LogP contribution < -0.4 is 0 Å². The van der Waals surface area contributed by atoms with Crippen LogP contribution in [-0.4, -0.2) is 66.5 Å². The Labute approximate surface area is 401 Å². The molecule has 2 N–H and O–H groups in total. The molecule has 0 saturated carbocycles. The second kappa shape index (κ2) is 20.2. The quantitative estimate of drug-likeness (QED) is 0.122. The lowest BCUT2D eigenvalue weighted by atomic mass is 9.80. The zero-order valence-electron chi connectivity index (χ0n) is 40.4. The fourth-order valence-electron chi connectivity index (χ4n) is 9.66. The minimum atomic E-state index is -0.987. The van der Waals surface area contributed by atoms with Crippen molar-refractivity contribution in [3.05, 3.63) is 179 Å². The van der Waals surface area contributed by atoms with Gasteiger partial charge >= 0.3 is 12.2 Å². The number of pyridine rings is 2. The molecule has 11 heteroatoms. The van der Waals surface area contributed by atoms with Crippen LogP contribution in [0.2, 0.25) is 0 Å². The van der Waals surface area contributed by atoms with Crippen molar-refractivity contribution in [3.63, 3.8) is 0 Å². The molecule has 2 amide bonds. The van der Waals surface area contributed by atoms with E-state index in [1.165, 1.54) is 0 Å². The predicted octanol–water partition coefficient (Wildman–Crippen LogP) is 11.9. The summed E-state index contributed by atoms with van der Waals surface area (Å²) in [7, 11) is 0. The maximum atomic E-state index is 13.3. The van der Waals surface area contributed by atoms with Crippen LogP contribution in [0.5, 0.6) is 0 Å². The fourth-order valence-corrected chi connectivity index (χ4v) is 9.66. The SMILES string of the molecule is C[C@@H](c1ccc(-c2ccc(C#N)cn2)cc1)N1CC[C@](CC(C)(C)O)(c2ccccc2)OC1=O.Cc1cc(-c2ccc([C@H](C)N3CC[C@](CC(C)(C)O)(c4ccccc4)OC3=O)cc2)cc(C)n1. The van der Waals surface area contributed by atoms with Gasteiger partial charge in [0.2, 0.25) is 0 Å². The molecule has 352 valence electrons. The lowest BCUT2D eigenvalue weighted by Crippen LogP contribution is -2.51. The van der Waals surface area contributed by atoms with Gasteiger partial charge in [0.05, 0.1) is 34.5 Å². The van der Waals surface area contributed by atoms with Crippen LogP contribution >= 0.6 is 0 Å². The normalized spacial score (nSPS) is 19.4. The average Bonchev–Trinajstić information content (AvgIpc) is 3.31. The maximum absolute atomic E-state index is 13.3. The Morgan fingerprint density at radius 2 is 1.06 bits per heavy atom. The summed E-state index contributed by atoms with van der Waals surface area (Å²) in [4.78, 5) is 38.8. The number of nitrogens with zero attached hydrogens (tertiary/aromatic N) is 5. The molecular formula is C57H63N5O6. The molecule has 2 saturated heterocycles. The van der Waals surface area contributed by atoms with Gasteiger partial charge < -0.3 is 29.5 Å². The first kappa shape index (κ1) is 49.0. The van der Waals surface area contributed by atoms with Gasteiger partial charge in [-0.3, -0.25) is 9.97 Å². The van der Waals surface area contributed by atoms with E-state index in [4.69, 9.17) is 14.7 Å². The number of cyclic esters (lactones) is 2. The topological polar surface area (TPSA) is 149 Å². The zero-order valence-corrected chi connectivity index (χ0v) is 40.4. The Bertz CT molecular complexity index is 2690. The van der Waals surface area contributed by atoms with Crippen molar-refractivity contribution in [2.24, 2.45) is 0 Å². The van der Waals surface area contributed by atoms with Gasteiger partial charge in [0.25, 0.3) is 0 Å². The maximum Gasteiger partial charge on any atom is 0.411 e. The molecule has 11 nitrogen and oxygen atoms in total. The molecular weight excluding hydrogens is 851 g/mol. The average molecular weight is 914 g/mol. The highest BCUT2D eigenvalue weighted by Gasteiger charge is 2.47. The number of benzene rings is 4. The molecule has 0 radical (unpaired) electrons. The smallest absolute Gasteiger partial charge is 0.411 e. The Morgan fingerprint density at radius 1 is 0.632 bits per heavy atom. The van der Waals surface area contributed by atoms with Crippen LogP contribution in [0.4, 0.5) is 9.59 Å². The third kappa shape index (κ3) is 11.6. The van der Waals surface area contributed by atoms with Crippen molar-refractivity contribution in [3.8, 4) is 28.5 Å². The number of carbonyl (C=O) groups excluding carboxylic acids is 2. The molecule has 68 heavy (non-hydrogen) atoms. The molecule has 2 aliphatic rings.